The van der Waals surface area contributed by atoms with Crippen LogP contribution in [0.5, 0.6) is 0 Å². The molecule has 1 aromatic heterocycles. The fraction of sp³-hybridized carbons (Fsp3) is 0.250. The number of hydrogen-bond acceptors (Lipinski definition) is 2. The van der Waals surface area contributed by atoms with Crippen molar-refractivity contribution in [3.05, 3.63) is 41.5 Å². The van der Waals surface area contributed by atoms with E-state index in [9.17, 15) is 4.39 Å². The number of aryl methyl sites for hydroxylation is 2. The first kappa shape index (κ1) is 10.7. The highest BCUT2D eigenvalue weighted by molar-refractivity contribution is 5.63. The Kier molecular flexibility index (Phi) is 2.64. The van der Waals surface area contributed by atoms with Crippen molar-refractivity contribution in [1.82, 2.24) is 9.78 Å². The summed E-state index contributed by atoms with van der Waals surface area (Å²) in [4.78, 5) is 0. The Morgan fingerprint density at radius 1 is 1.31 bits per heavy atom. The monoisotopic (exact) mass is 219 g/mol. The van der Waals surface area contributed by atoms with Gasteiger partial charge < -0.3 is 5.32 Å². The van der Waals surface area contributed by atoms with Crippen molar-refractivity contribution >= 4 is 11.4 Å². The summed E-state index contributed by atoms with van der Waals surface area (Å²) < 4.78 is 14.8. The first-order valence-electron chi connectivity index (χ1n) is 5.10. The number of aromatic nitrogens is 2. The summed E-state index contributed by atoms with van der Waals surface area (Å²) >= 11 is 0. The van der Waals surface area contributed by atoms with Gasteiger partial charge in [-0.15, -0.1) is 0 Å². The minimum absolute atomic E-state index is 0.246. The topological polar surface area (TPSA) is 29.9 Å². The van der Waals surface area contributed by atoms with Crippen molar-refractivity contribution in [2.45, 2.75) is 13.8 Å². The van der Waals surface area contributed by atoms with Crippen LogP contribution in [0.15, 0.2) is 24.3 Å². The molecule has 0 saturated carbocycles. The van der Waals surface area contributed by atoms with Crippen LogP contribution in [-0.2, 0) is 7.05 Å². The summed E-state index contributed by atoms with van der Waals surface area (Å²) in [6.07, 6.45) is 0. The lowest BCUT2D eigenvalue weighted by Crippen LogP contribution is -1.95. The molecule has 2 aromatic rings. The van der Waals surface area contributed by atoms with Crippen molar-refractivity contribution in [1.29, 1.82) is 0 Å². The Labute approximate surface area is 93.9 Å². The quantitative estimate of drug-likeness (QED) is 0.841. The lowest BCUT2D eigenvalue weighted by molar-refractivity contribution is 0.628. The van der Waals surface area contributed by atoms with E-state index in [0.29, 0.717) is 0 Å². The van der Waals surface area contributed by atoms with Crippen molar-refractivity contribution in [3.63, 3.8) is 0 Å². The predicted molar refractivity (Wildman–Crippen MR) is 62.4 cm³/mol. The SMILES string of the molecule is Cc1nn(C)c(C)c1Nc1cccc(F)c1. The van der Waals surface area contributed by atoms with E-state index in [1.54, 1.807) is 10.7 Å². The Morgan fingerprint density at radius 2 is 2.06 bits per heavy atom. The predicted octanol–water partition coefficient (Wildman–Crippen LogP) is 2.92. The maximum atomic E-state index is 13.0. The Morgan fingerprint density at radius 3 is 2.62 bits per heavy atom. The maximum absolute atomic E-state index is 13.0. The van der Waals surface area contributed by atoms with Crippen molar-refractivity contribution in [2.24, 2.45) is 7.05 Å². The van der Waals surface area contributed by atoms with Crippen molar-refractivity contribution < 1.29 is 4.39 Å². The van der Waals surface area contributed by atoms with Gasteiger partial charge in [0.1, 0.15) is 5.82 Å². The lowest BCUT2D eigenvalue weighted by atomic mass is 10.2. The summed E-state index contributed by atoms with van der Waals surface area (Å²) in [6.45, 7) is 3.90. The zero-order valence-electron chi connectivity index (χ0n) is 9.58. The van der Waals surface area contributed by atoms with Crippen LogP contribution in [0.4, 0.5) is 15.8 Å². The van der Waals surface area contributed by atoms with Crippen molar-refractivity contribution in [3.8, 4) is 0 Å². The van der Waals surface area contributed by atoms with Gasteiger partial charge in [-0.3, -0.25) is 4.68 Å². The molecule has 1 aromatic carbocycles. The molecule has 0 saturated heterocycles. The Hall–Kier alpha value is -1.84. The molecule has 3 nitrogen and oxygen atoms in total. The van der Waals surface area contributed by atoms with E-state index in [1.165, 1.54) is 12.1 Å². The van der Waals surface area contributed by atoms with Gasteiger partial charge in [-0.25, -0.2) is 4.39 Å². The first-order chi connectivity index (χ1) is 7.58. The molecule has 16 heavy (non-hydrogen) atoms. The summed E-state index contributed by atoms with van der Waals surface area (Å²) in [5.74, 6) is -0.246. The third kappa shape index (κ3) is 1.91. The Balaban J connectivity index is 2.34. The third-order valence-corrected chi connectivity index (χ3v) is 2.60. The minimum atomic E-state index is -0.246. The van der Waals surface area contributed by atoms with E-state index in [1.807, 2.05) is 27.0 Å². The van der Waals surface area contributed by atoms with Crippen molar-refractivity contribution in [2.75, 3.05) is 5.32 Å². The number of halogens is 1. The lowest BCUT2D eigenvalue weighted by Gasteiger charge is -2.06. The third-order valence-electron chi connectivity index (χ3n) is 2.60. The van der Waals surface area contributed by atoms with E-state index in [-0.39, 0.29) is 5.82 Å². The number of nitrogens with zero attached hydrogens (tertiary/aromatic N) is 2. The fourth-order valence-corrected chi connectivity index (χ4v) is 1.67. The number of nitrogens with one attached hydrogen (secondary N) is 1. The largest absolute Gasteiger partial charge is 0.352 e. The molecule has 0 aliphatic carbocycles. The molecule has 1 heterocycles. The zero-order valence-corrected chi connectivity index (χ0v) is 9.58. The molecule has 0 amide bonds. The molecular weight excluding hydrogens is 205 g/mol. The highest BCUT2D eigenvalue weighted by Gasteiger charge is 2.09. The second-order valence-electron chi connectivity index (χ2n) is 3.80. The smallest absolute Gasteiger partial charge is 0.125 e. The molecule has 0 fully saturated rings. The van der Waals surface area contributed by atoms with Gasteiger partial charge in [0.05, 0.1) is 17.1 Å². The molecule has 0 atom stereocenters. The van der Waals surface area contributed by atoms with E-state index >= 15 is 0 Å². The molecule has 0 aliphatic rings. The standard InChI is InChI=1S/C12H14FN3/c1-8-12(9(2)16(3)15-8)14-11-6-4-5-10(13)7-11/h4-7,14H,1-3H3. The minimum Gasteiger partial charge on any atom is -0.352 e. The van der Waals surface area contributed by atoms with Gasteiger partial charge in [0.15, 0.2) is 0 Å². The highest BCUT2D eigenvalue weighted by Crippen LogP contribution is 2.23. The molecule has 2 rings (SSSR count). The van der Waals surface area contributed by atoms with E-state index < -0.39 is 0 Å². The summed E-state index contributed by atoms with van der Waals surface area (Å²) in [5, 5.41) is 7.47. The van der Waals surface area contributed by atoms with Crippen LogP contribution in [0.1, 0.15) is 11.4 Å². The molecular formula is C12H14FN3. The van der Waals surface area contributed by atoms with Crippen LogP contribution in [-0.4, -0.2) is 9.78 Å². The highest BCUT2D eigenvalue weighted by atomic mass is 19.1. The van der Waals surface area contributed by atoms with Gasteiger partial charge in [0.25, 0.3) is 0 Å². The van der Waals surface area contributed by atoms with Crippen LogP contribution in [0, 0.1) is 19.7 Å². The number of rotatable bonds is 2. The molecule has 4 heteroatoms. The average molecular weight is 219 g/mol. The fourth-order valence-electron chi connectivity index (χ4n) is 1.67. The van der Waals surface area contributed by atoms with Gasteiger partial charge in [0.2, 0.25) is 0 Å². The first-order valence-corrected chi connectivity index (χ1v) is 5.10. The molecule has 0 bridgehead atoms. The molecule has 0 spiro atoms. The summed E-state index contributed by atoms with van der Waals surface area (Å²) in [5.41, 5.74) is 3.61. The molecule has 0 radical (unpaired) electrons. The van der Waals surface area contributed by atoms with Gasteiger partial charge >= 0.3 is 0 Å². The Bertz CT molecular complexity index is 517. The van der Waals surface area contributed by atoms with Gasteiger partial charge in [-0.1, -0.05) is 6.07 Å². The normalized spacial score (nSPS) is 10.5. The van der Waals surface area contributed by atoms with Crippen LogP contribution in [0.3, 0.4) is 0 Å². The van der Waals surface area contributed by atoms with Crippen LogP contribution < -0.4 is 5.32 Å². The molecule has 0 aliphatic heterocycles. The van der Waals surface area contributed by atoms with Crippen LogP contribution in [0.2, 0.25) is 0 Å². The van der Waals surface area contributed by atoms with E-state index in [4.69, 9.17) is 0 Å². The van der Waals surface area contributed by atoms with Crippen LogP contribution >= 0.6 is 0 Å². The summed E-state index contributed by atoms with van der Waals surface area (Å²) in [6, 6.07) is 6.40. The summed E-state index contributed by atoms with van der Waals surface area (Å²) in [7, 11) is 1.89. The zero-order chi connectivity index (χ0) is 11.7. The average Bonchev–Trinajstić information content (AvgIpc) is 2.45. The van der Waals surface area contributed by atoms with Gasteiger partial charge in [0, 0.05) is 12.7 Å². The van der Waals surface area contributed by atoms with E-state index in [0.717, 1.165) is 22.8 Å². The van der Waals surface area contributed by atoms with Gasteiger partial charge in [-0.05, 0) is 32.0 Å². The number of benzene rings is 1. The van der Waals surface area contributed by atoms with Crippen LogP contribution in [0.25, 0.3) is 0 Å². The molecule has 1 N–H and O–H groups in total. The number of hydrogen-bond donors (Lipinski definition) is 1. The molecule has 84 valence electrons. The maximum Gasteiger partial charge on any atom is 0.125 e. The van der Waals surface area contributed by atoms with Gasteiger partial charge in [-0.2, -0.15) is 5.10 Å². The van der Waals surface area contributed by atoms with E-state index in [2.05, 4.69) is 10.4 Å². The second kappa shape index (κ2) is 3.96. The number of anilines is 2. The molecule has 0 unspecified atom stereocenters. The second-order valence-corrected chi connectivity index (χ2v) is 3.80.